The van der Waals surface area contributed by atoms with Crippen LogP contribution in [0, 0.1) is 5.41 Å². The molecule has 0 saturated carbocycles. The van der Waals surface area contributed by atoms with Crippen LogP contribution < -0.4 is 5.73 Å². The van der Waals surface area contributed by atoms with Gasteiger partial charge in [-0.1, -0.05) is 29.3 Å². The third-order valence-electron chi connectivity index (χ3n) is 2.84. The van der Waals surface area contributed by atoms with Gasteiger partial charge in [-0.2, -0.15) is 0 Å². The van der Waals surface area contributed by atoms with E-state index in [1.807, 2.05) is 6.07 Å². The van der Waals surface area contributed by atoms with E-state index in [9.17, 15) is 4.79 Å². The Kier molecular flexibility index (Phi) is 5.02. The van der Waals surface area contributed by atoms with Crippen LogP contribution in [0.1, 0.15) is 31.9 Å². The fourth-order valence-electron chi connectivity index (χ4n) is 1.77. The predicted molar refractivity (Wildman–Crippen MR) is 73.8 cm³/mol. The Labute approximate surface area is 117 Å². The van der Waals surface area contributed by atoms with Crippen LogP contribution in [0.25, 0.3) is 0 Å². The van der Waals surface area contributed by atoms with Crippen molar-refractivity contribution in [1.29, 1.82) is 0 Å². The van der Waals surface area contributed by atoms with Crippen LogP contribution >= 0.6 is 23.2 Å². The highest BCUT2D eigenvalue weighted by Crippen LogP contribution is 2.32. The minimum Gasteiger partial charge on any atom is -0.469 e. The summed E-state index contributed by atoms with van der Waals surface area (Å²) in [5.41, 5.74) is 6.29. The van der Waals surface area contributed by atoms with Gasteiger partial charge in [0.25, 0.3) is 0 Å². The van der Waals surface area contributed by atoms with Gasteiger partial charge in [-0.15, -0.1) is 0 Å². The van der Waals surface area contributed by atoms with Gasteiger partial charge in [0.2, 0.25) is 0 Å². The van der Waals surface area contributed by atoms with Crippen molar-refractivity contribution in [3.63, 3.8) is 0 Å². The molecule has 0 bridgehead atoms. The third kappa shape index (κ3) is 3.61. The van der Waals surface area contributed by atoms with E-state index in [4.69, 9.17) is 33.7 Å². The summed E-state index contributed by atoms with van der Waals surface area (Å²) in [4.78, 5) is 11.6. The van der Waals surface area contributed by atoms with E-state index >= 15 is 0 Å². The summed E-state index contributed by atoms with van der Waals surface area (Å²) < 4.78 is 4.75. The molecule has 0 saturated heterocycles. The lowest BCUT2D eigenvalue weighted by Gasteiger charge is -2.25. The van der Waals surface area contributed by atoms with Crippen molar-refractivity contribution in [1.82, 2.24) is 0 Å². The molecule has 0 fully saturated rings. The molecule has 0 amide bonds. The highest BCUT2D eigenvalue weighted by molar-refractivity contribution is 6.42. The Balaban J connectivity index is 2.85. The van der Waals surface area contributed by atoms with Crippen LogP contribution in [0.4, 0.5) is 0 Å². The first-order chi connectivity index (χ1) is 8.27. The first kappa shape index (κ1) is 15.3. The molecule has 0 heterocycles. The normalized spacial score (nSPS) is 13.2. The molecule has 3 nitrogen and oxygen atoms in total. The molecule has 18 heavy (non-hydrogen) atoms. The molecule has 5 heteroatoms. The number of hydrogen-bond donors (Lipinski definition) is 1. The van der Waals surface area contributed by atoms with Gasteiger partial charge < -0.3 is 10.5 Å². The van der Waals surface area contributed by atoms with Gasteiger partial charge in [0.05, 0.1) is 22.6 Å². The molecule has 0 aliphatic heterocycles. The van der Waals surface area contributed by atoms with Gasteiger partial charge >= 0.3 is 5.97 Å². The summed E-state index contributed by atoms with van der Waals surface area (Å²) in [5.74, 6) is -0.280. The number of hydrogen-bond acceptors (Lipinski definition) is 3. The smallest absolute Gasteiger partial charge is 0.311 e. The van der Waals surface area contributed by atoms with Crippen molar-refractivity contribution < 1.29 is 9.53 Å². The van der Waals surface area contributed by atoms with E-state index in [0.717, 1.165) is 5.56 Å². The molecule has 1 aromatic rings. The summed E-state index contributed by atoms with van der Waals surface area (Å²) >= 11 is 11.8. The highest BCUT2D eigenvalue weighted by atomic mass is 35.5. The Morgan fingerprint density at radius 1 is 1.39 bits per heavy atom. The maximum Gasteiger partial charge on any atom is 0.311 e. The SMILES string of the molecule is COC(=O)C(C)(C)CC(N)c1ccc(Cl)c(Cl)c1. The van der Waals surface area contributed by atoms with E-state index in [0.29, 0.717) is 16.5 Å². The molecule has 1 rings (SSSR count). The fraction of sp³-hybridized carbons (Fsp3) is 0.462. The number of rotatable bonds is 4. The van der Waals surface area contributed by atoms with Gasteiger partial charge in [-0.25, -0.2) is 0 Å². The number of benzene rings is 1. The standard InChI is InChI=1S/C13H17Cl2NO2/c1-13(2,12(17)18-3)7-11(16)8-4-5-9(14)10(15)6-8/h4-6,11H,7,16H2,1-3H3. The number of carbonyl (C=O) groups excluding carboxylic acids is 1. The van der Waals surface area contributed by atoms with Crippen LogP contribution in [0.15, 0.2) is 18.2 Å². The first-order valence-corrected chi connectivity index (χ1v) is 6.32. The molecule has 0 aliphatic rings. The summed E-state index contributed by atoms with van der Waals surface area (Å²) in [6.45, 7) is 3.60. The highest BCUT2D eigenvalue weighted by Gasteiger charge is 2.31. The Morgan fingerprint density at radius 3 is 2.50 bits per heavy atom. The lowest BCUT2D eigenvalue weighted by Crippen LogP contribution is -2.30. The van der Waals surface area contributed by atoms with Crippen LogP contribution in [0.3, 0.4) is 0 Å². The number of carbonyl (C=O) groups is 1. The molecular weight excluding hydrogens is 273 g/mol. The third-order valence-corrected chi connectivity index (χ3v) is 3.58. The van der Waals surface area contributed by atoms with Crippen LogP contribution in [0.5, 0.6) is 0 Å². The van der Waals surface area contributed by atoms with Crippen LogP contribution in [-0.4, -0.2) is 13.1 Å². The van der Waals surface area contributed by atoms with Gasteiger partial charge in [0.15, 0.2) is 0 Å². The minimum absolute atomic E-state index is 0.280. The molecule has 0 aromatic heterocycles. The van der Waals surface area contributed by atoms with E-state index in [-0.39, 0.29) is 12.0 Å². The van der Waals surface area contributed by atoms with Crippen molar-refractivity contribution >= 4 is 29.2 Å². The monoisotopic (exact) mass is 289 g/mol. The second-order valence-corrected chi connectivity index (χ2v) is 5.67. The minimum atomic E-state index is -0.639. The van der Waals surface area contributed by atoms with Crippen molar-refractivity contribution in [2.45, 2.75) is 26.3 Å². The molecule has 1 atom stereocenters. The van der Waals surface area contributed by atoms with Crippen LogP contribution in [-0.2, 0) is 9.53 Å². The maximum absolute atomic E-state index is 11.6. The molecular formula is C13H17Cl2NO2. The molecule has 0 aliphatic carbocycles. The largest absolute Gasteiger partial charge is 0.469 e. The predicted octanol–water partition coefficient (Wildman–Crippen LogP) is 3.58. The van der Waals surface area contributed by atoms with Crippen molar-refractivity contribution in [3.05, 3.63) is 33.8 Å². The van der Waals surface area contributed by atoms with E-state index in [2.05, 4.69) is 0 Å². The topological polar surface area (TPSA) is 52.3 Å². The second-order valence-electron chi connectivity index (χ2n) is 4.86. The lowest BCUT2D eigenvalue weighted by atomic mass is 9.84. The average Bonchev–Trinajstić information content (AvgIpc) is 2.30. The van der Waals surface area contributed by atoms with Gasteiger partial charge in [0, 0.05) is 6.04 Å². The molecule has 100 valence electrons. The molecule has 1 unspecified atom stereocenters. The Hall–Kier alpha value is -0.770. The first-order valence-electron chi connectivity index (χ1n) is 5.57. The summed E-state index contributed by atoms with van der Waals surface area (Å²) in [6, 6.07) is 4.94. The number of esters is 1. The van der Waals surface area contributed by atoms with Gasteiger partial charge in [-0.3, -0.25) is 4.79 Å². The molecule has 0 radical (unpaired) electrons. The summed E-state index contributed by atoms with van der Waals surface area (Å²) in [7, 11) is 1.37. The fourth-order valence-corrected chi connectivity index (χ4v) is 2.08. The van der Waals surface area contributed by atoms with E-state index in [1.165, 1.54) is 7.11 Å². The zero-order valence-corrected chi connectivity index (χ0v) is 12.2. The quantitative estimate of drug-likeness (QED) is 0.862. The Bertz CT molecular complexity index is 447. The number of ether oxygens (including phenoxy) is 1. The zero-order chi connectivity index (χ0) is 13.9. The molecule has 0 spiro atoms. The zero-order valence-electron chi connectivity index (χ0n) is 10.7. The number of methoxy groups -OCH3 is 1. The molecule has 2 N–H and O–H groups in total. The summed E-state index contributed by atoms with van der Waals surface area (Å²) in [5, 5.41) is 0.945. The van der Waals surface area contributed by atoms with Gasteiger partial charge in [0.1, 0.15) is 0 Å². The molecule has 1 aromatic carbocycles. The second kappa shape index (κ2) is 5.91. The number of halogens is 2. The average molecular weight is 290 g/mol. The van der Waals surface area contributed by atoms with E-state index < -0.39 is 5.41 Å². The Morgan fingerprint density at radius 2 is 2.00 bits per heavy atom. The van der Waals surface area contributed by atoms with Crippen molar-refractivity contribution in [2.24, 2.45) is 11.1 Å². The van der Waals surface area contributed by atoms with Gasteiger partial charge in [-0.05, 0) is 38.0 Å². The van der Waals surface area contributed by atoms with Crippen molar-refractivity contribution in [2.75, 3.05) is 7.11 Å². The lowest BCUT2D eigenvalue weighted by molar-refractivity contribution is -0.151. The van der Waals surface area contributed by atoms with Crippen molar-refractivity contribution in [3.8, 4) is 0 Å². The summed E-state index contributed by atoms with van der Waals surface area (Å²) in [6.07, 6.45) is 0.470. The van der Waals surface area contributed by atoms with Crippen LogP contribution in [0.2, 0.25) is 10.0 Å². The van der Waals surface area contributed by atoms with E-state index in [1.54, 1.807) is 26.0 Å². The number of nitrogens with two attached hydrogens (primary N) is 1. The maximum atomic E-state index is 11.6.